The second-order valence-electron chi connectivity index (χ2n) is 6.44. The molecule has 1 aromatic carbocycles. The molecule has 0 spiro atoms. The van der Waals surface area contributed by atoms with Crippen LogP contribution in [0.2, 0.25) is 0 Å². The van der Waals surface area contributed by atoms with Gasteiger partial charge in [-0.1, -0.05) is 32.9 Å². The summed E-state index contributed by atoms with van der Waals surface area (Å²) in [5, 5.41) is 0. The first-order valence-corrected chi connectivity index (χ1v) is 7.62. The Kier molecular flexibility index (Phi) is 4.69. The standard InChI is InChI=1S/C17H26N2O/c1-12(2)11-19(16-8-9-16)17(20)10-13(3)14-4-6-15(18)7-5-14/h4-7,12-13,16H,8-11,18H2,1-3H3. The van der Waals surface area contributed by atoms with E-state index in [4.69, 9.17) is 5.73 Å². The van der Waals surface area contributed by atoms with Gasteiger partial charge in [0.25, 0.3) is 0 Å². The summed E-state index contributed by atoms with van der Waals surface area (Å²) in [6.07, 6.45) is 2.94. The summed E-state index contributed by atoms with van der Waals surface area (Å²) in [6.45, 7) is 7.35. The minimum Gasteiger partial charge on any atom is -0.399 e. The first-order chi connectivity index (χ1) is 9.47. The molecule has 3 heteroatoms. The lowest BCUT2D eigenvalue weighted by molar-refractivity contribution is -0.132. The number of anilines is 1. The SMILES string of the molecule is CC(C)CN(C(=O)CC(C)c1ccc(N)cc1)C1CC1. The van der Waals surface area contributed by atoms with Gasteiger partial charge in [-0.05, 0) is 42.4 Å². The van der Waals surface area contributed by atoms with Crippen molar-refractivity contribution in [2.75, 3.05) is 12.3 Å². The number of nitrogen functional groups attached to an aromatic ring is 1. The van der Waals surface area contributed by atoms with Crippen molar-refractivity contribution in [3.05, 3.63) is 29.8 Å². The highest BCUT2D eigenvalue weighted by Crippen LogP contribution is 2.30. The maximum absolute atomic E-state index is 12.5. The lowest BCUT2D eigenvalue weighted by Crippen LogP contribution is -2.36. The molecule has 3 nitrogen and oxygen atoms in total. The maximum atomic E-state index is 12.5. The first-order valence-electron chi connectivity index (χ1n) is 7.62. The molecule has 1 unspecified atom stereocenters. The molecule has 20 heavy (non-hydrogen) atoms. The molecular formula is C17H26N2O. The molecular weight excluding hydrogens is 248 g/mol. The topological polar surface area (TPSA) is 46.3 Å². The van der Waals surface area contributed by atoms with Crippen LogP contribution in [0.4, 0.5) is 5.69 Å². The average molecular weight is 274 g/mol. The molecule has 0 heterocycles. The summed E-state index contributed by atoms with van der Waals surface area (Å²) in [4.78, 5) is 14.6. The lowest BCUT2D eigenvalue weighted by Gasteiger charge is -2.26. The third-order valence-electron chi connectivity index (χ3n) is 3.86. The summed E-state index contributed by atoms with van der Waals surface area (Å²) in [6, 6.07) is 8.36. The van der Waals surface area contributed by atoms with E-state index < -0.39 is 0 Å². The Hall–Kier alpha value is -1.51. The van der Waals surface area contributed by atoms with Crippen LogP contribution in [0.3, 0.4) is 0 Å². The Morgan fingerprint density at radius 2 is 1.85 bits per heavy atom. The number of carbonyl (C=O) groups is 1. The van der Waals surface area contributed by atoms with Crippen LogP contribution >= 0.6 is 0 Å². The monoisotopic (exact) mass is 274 g/mol. The van der Waals surface area contributed by atoms with Crippen molar-refractivity contribution in [1.82, 2.24) is 4.90 Å². The van der Waals surface area contributed by atoms with Crippen LogP contribution in [-0.2, 0) is 4.79 Å². The maximum Gasteiger partial charge on any atom is 0.223 e. The lowest BCUT2D eigenvalue weighted by atomic mass is 9.96. The molecule has 1 aliphatic rings. The molecule has 0 bridgehead atoms. The van der Waals surface area contributed by atoms with E-state index in [0.29, 0.717) is 24.3 Å². The van der Waals surface area contributed by atoms with Gasteiger partial charge in [0.2, 0.25) is 5.91 Å². The quantitative estimate of drug-likeness (QED) is 0.808. The molecule has 0 aliphatic heterocycles. The zero-order valence-corrected chi connectivity index (χ0v) is 12.8. The van der Waals surface area contributed by atoms with Crippen molar-refractivity contribution in [1.29, 1.82) is 0 Å². The molecule has 0 radical (unpaired) electrons. The molecule has 1 saturated carbocycles. The molecule has 1 aliphatic carbocycles. The van der Waals surface area contributed by atoms with Crippen molar-refractivity contribution in [3.63, 3.8) is 0 Å². The molecule has 1 aromatic rings. The summed E-state index contributed by atoms with van der Waals surface area (Å²) in [5.41, 5.74) is 7.66. The number of nitrogens with zero attached hydrogens (tertiary/aromatic N) is 1. The van der Waals surface area contributed by atoms with E-state index in [2.05, 4.69) is 25.7 Å². The van der Waals surface area contributed by atoms with Gasteiger partial charge in [0.1, 0.15) is 0 Å². The van der Waals surface area contributed by atoms with Gasteiger partial charge in [-0.25, -0.2) is 0 Å². The Morgan fingerprint density at radius 3 is 2.35 bits per heavy atom. The van der Waals surface area contributed by atoms with Gasteiger partial charge in [-0.15, -0.1) is 0 Å². The summed E-state index contributed by atoms with van der Waals surface area (Å²) in [5.74, 6) is 1.08. The fraction of sp³-hybridized carbons (Fsp3) is 0.588. The molecule has 1 fully saturated rings. The predicted molar refractivity (Wildman–Crippen MR) is 83.5 cm³/mol. The minimum atomic E-state index is 0.247. The number of carbonyl (C=O) groups excluding carboxylic acids is 1. The highest BCUT2D eigenvalue weighted by molar-refractivity contribution is 5.77. The molecule has 0 aromatic heterocycles. The average Bonchev–Trinajstić information content (AvgIpc) is 3.20. The first kappa shape index (κ1) is 14.9. The molecule has 1 amide bonds. The van der Waals surface area contributed by atoms with Crippen LogP contribution in [0, 0.1) is 5.92 Å². The van der Waals surface area contributed by atoms with E-state index in [-0.39, 0.29) is 5.92 Å². The minimum absolute atomic E-state index is 0.247. The summed E-state index contributed by atoms with van der Waals surface area (Å²) < 4.78 is 0. The Balaban J connectivity index is 1.96. The van der Waals surface area contributed by atoms with Crippen molar-refractivity contribution < 1.29 is 4.79 Å². The highest BCUT2D eigenvalue weighted by Gasteiger charge is 2.33. The Labute approximate surface area is 122 Å². The number of amides is 1. The number of rotatable bonds is 6. The highest BCUT2D eigenvalue weighted by atomic mass is 16.2. The molecule has 0 saturated heterocycles. The van der Waals surface area contributed by atoms with E-state index >= 15 is 0 Å². The van der Waals surface area contributed by atoms with Crippen molar-refractivity contribution in [2.24, 2.45) is 5.92 Å². The Bertz CT molecular complexity index is 449. The van der Waals surface area contributed by atoms with Crippen LogP contribution in [0.15, 0.2) is 24.3 Å². The zero-order chi connectivity index (χ0) is 14.7. The largest absolute Gasteiger partial charge is 0.399 e. The van der Waals surface area contributed by atoms with E-state index in [9.17, 15) is 4.79 Å². The molecule has 2 rings (SSSR count). The fourth-order valence-electron chi connectivity index (χ4n) is 2.56. The number of hydrogen-bond donors (Lipinski definition) is 1. The van der Waals surface area contributed by atoms with Gasteiger partial charge in [-0.2, -0.15) is 0 Å². The van der Waals surface area contributed by atoms with Gasteiger partial charge < -0.3 is 10.6 Å². The van der Waals surface area contributed by atoms with Crippen molar-refractivity contribution in [3.8, 4) is 0 Å². The summed E-state index contributed by atoms with van der Waals surface area (Å²) >= 11 is 0. The van der Waals surface area contributed by atoms with Gasteiger partial charge in [0.05, 0.1) is 0 Å². The molecule has 1 atom stereocenters. The van der Waals surface area contributed by atoms with Gasteiger partial charge in [0.15, 0.2) is 0 Å². The van der Waals surface area contributed by atoms with Crippen LogP contribution in [0.1, 0.15) is 51.5 Å². The van der Waals surface area contributed by atoms with Crippen LogP contribution in [0.5, 0.6) is 0 Å². The second kappa shape index (κ2) is 6.29. The molecule has 2 N–H and O–H groups in total. The van der Waals surface area contributed by atoms with Crippen molar-refractivity contribution in [2.45, 2.75) is 52.0 Å². The van der Waals surface area contributed by atoms with E-state index in [1.54, 1.807) is 0 Å². The number of benzene rings is 1. The normalized spacial score (nSPS) is 16.2. The van der Waals surface area contributed by atoms with E-state index in [1.807, 2.05) is 24.3 Å². The second-order valence-corrected chi connectivity index (χ2v) is 6.44. The third-order valence-corrected chi connectivity index (χ3v) is 3.86. The van der Waals surface area contributed by atoms with Crippen molar-refractivity contribution >= 4 is 11.6 Å². The smallest absolute Gasteiger partial charge is 0.223 e. The fourth-order valence-corrected chi connectivity index (χ4v) is 2.56. The predicted octanol–water partition coefficient (Wildman–Crippen LogP) is 3.41. The van der Waals surface area contributed by atoms with Crippen LogP contribution in [0.25, 0.3) is 0 Å². The molecule has 110 valence electrons. The Morgan fingerprint density at radius 1 is 1.25 bits per heavy atom. The number of nitrogens with two attached hydrogens (primary N) is 1. The van der Waals surface area contributed by atoms with Crippen LogP contribution < -0.4 is 5.73 Å². The van der Waals surface area contributed by atoms with E-state index in [1.165, 1.54) is 18.4 Å². The zero-order valence-electron chi connectivity index (χ0n) is 12.8. The number of hydrogen-bond acceptors (Lipinski definition) is 2. The summed E-state index contributed by atoms with van der Waals surface area (Å²) in [7, 11) is 0. The van der Waals surface area contributed by atoms with Gasteiger partial charge in [0, 0.05) is 24.7 Å². The van der Waals surface area contributed by atoms with E-state index in [0.717, 1.165) is 12.2 Å². The third kappa shape index (κ3) is 3.99. The van der Waals surface area contributed by atoms with Gasteiger partial charge >= 0.3 is 0 Å². The van der Waals surface area contributed by atoms with Crippen LogP contribution in [-0.4, -0.2) is 23.4 Å². The van der Waals surface area contributed by atoms with Gasteiger partial charge in [-0.3, -0.25) is 4.79 Å².